The Morgan fingerprint density at radius 3 is 3.04 bits per heavy atom. The molecule has 0 unspecified atom stereocenters. The summed E-state index contributed by atoms with van der Waals surface area (Å²) in [6.07, 6.45) is 4.00. The first kappa shape index (κ1) is 15.7. The van der Waals surface area contributed by atoms with Crippen molar-refractivity contribution in [2.45, 2.75) is 25.8 Å². The lowest BCUT2D eigenvalue weighted by molar-refractivity contribution is -0.131. The van der Waals surface area contributed by atoms with Gasteiger partial charge >= 0.3 is 0 Å². The summed E-state index contributed by atoms with van der Waals surface area (Å²) in [5.41, 5.74) is 4.36. The summed E-state index contributed by atoms with van der Waals surface area (Å²) in [6, 6.07) is 11.7. The molecule has 1 amide bonds. The van der Waals surface area contributed by atoms with Crippen LogP contribution in [0.1, 0.15) is 23.4 Å². The van der Waals surface area contributed by atoms with E-state index in [0.717, 1.165) is 41.7 Å². The number of pyridine rings is 1. The number of nitrogens with one attached hydrogen (secondary N) is 1. The van der Waals surface area contributed by atoms with Gasteiger partial charge in [0.2, 0.25) is 5.91 Å². The van der Waals surface area contributed by atoms with E-state index in [4.69, 9.17) is 4.74 Å². The third kappa shape index (κ3) is 3.09. The van der Waals surface area contributed by atoms with E-state index in [0.29, 0.717) is 13.0 Å². The van der Waals surface area contributed by atoms with E-state index in [1.165, 1.54) is 11.3 Å². The number of aromatic amines is 1. The second kappa shape index (κ2) is 6.59. The number of hydrogen-bond donors (Lipinski definition) is 1. The van der Waals surface area contributed by atoms with Crippen LogP contribution in [0.25, 0.3) is 10.9 Å². The van der Waals surface area contributed by atoms with Gasteiger partial charge in [-0.1, -0.05) is 6.07 Å². The highest BCUT2D eigenvalue weighted by Crippen LogP contribution is 2.30. The molecule has 5 nitrogen and oxygen atoms in total. The molecule has 2 aromatic heterocycles. The Kier molecular flexibility index (Phi) is 4.14. The zero-order valence-electron chi connectivity index (χ0n) is 14.3. The highest BCUT2D eigenvalue weighted by atomic mass is 16.5. The van der Waals surface area contributed by atoms with E-state index < -0.39 is 0 Å². The molecule has 0 spiro atoms. The summed E-state index contributed by atoms with van der Waals surface area (Å²) in [5, 5.41) is 1.15. The van der Waals surface area contributed by atoms with E-state index >= 15 is 0 Å². The number of rotatable bonds is 3. The Labute approximate surface area is 146 Å². The second-order valence-corrected chi connectivity index (χ2v) is 6.41. The molecule has 0 saturated heterocycles. The lowest BCUT2D eigenvalue weighted by Crippen LogP contribution is -2.32. The molecular formula is C20H21N3O2. The van der Waals surface area contributed by atoms with Crippen molar-refractivity contribution in [2.24, 2.45) is 0 Å². The van der Waals surface area contributed by atoms with E-state index in [2.05, 4.69) is 16.0 Å². The molecule has 25 heavy (non-hydrogen) atoms. The fraction of sp³-hybridized carbons (Fsp3) is 0.300. The summed E-state index contributed by atoms with van der Waals surface area (Å²) in [5.74, 6) is 0.966. The maximum absolute atomic E-state index is 12.8. The van der Waals surface area contributed by atoms with Gasteiger partial charge in [0.1, 0.15) is 5.75 Å². The fourth-order valence-corrected chi connectivity index (χ4v) is 3.50. The number of methoxy groups -OCH3 is 1. The van der Waals surface area contributed by atoms with Gasteiger partial charge in [0.25, 0.3) is 0 Å². The SMILES string of the molecule is COc1ccc2[nH]c3c(c2c1)CN(C(=O)Cc1ccccn1)CCC3. The smallest absolute Gasteiger partial charge is 0.228 e. The van der Waals surface area contributed by atoms with Gasteiger partial charge in [0.05, 0.1) is 13.5 Å². The van der Waals surface area contributed by atoms with E-state index in [-0.39, 0.29) is 5.91 Å². The lowest BCUT2D eigenvalue weighted by Gasteiger charge is -2.20. The molecule has 4 rings (SSSR count). The Morgan fingerprint density at radius 2 is 2.24 bits per heavy atom. The number of ether oxygens (including phenoxy) is 1. The topological polar surface area (TPSA) is 58.2 Å². The fourth-order valence-electron chi connectivity index (χ4n) is 3.50. The number of aryl methyl sites for hydroxylation is 1. The zero-order valence-corrected chi connectivity index (χ0v) is 14.3. The van der Waals surface area contributed by atoms with Crippen LogP contribution in [0, 0.1) is 0 Å². The Hall–Kier alpha value is -2.82. The highest BCUT2D eigenvalue weighted by molar-refractivity contribution is 5.87. The Balaban J connectivity index is 1.62. The maximum atomic E-state index is 12.8. The molecule has 1 aromatic carbocycles. The number of fused-ring (bicyclic) bond motifs is 3. The van der Waals surface area contributed by atoms with E-state index in [1.54, 1.807) is 13.3 Å². The van der Waals surface area contributed by atoms with Crippen molar-refractivity contribution in [3.8, 4) is 5.75 Å². The average Bonchev–Trinajstić information content (AvgIpc) is 2.84. The molecule has 0 atom stereocenters. The van der Waals surface area contributed by atoms with Crippen molar-refractivity contribution >= 4 is 16.8 Å². The van der Waals surface area contributed by atoms with Gasteiger partial charge in [-0.2, -0.15) is 0 Å². The van der Waals surface area contributed by atoms with Crippen LogP contribution in [0.4, 0.5) is 0 Å². The molecule has 0 bridgehead atoms. The zero-order chi connectivity index (χ0) is 17.2. The molecule has 128 valence electrons. The normalized spacial score (nSPS) is 14.2. The third-order valence-electron chi connectivity index (χ3n) is 4.82. The molecule has 3 heterocycles. The van der Waals surface area contributed by atoms with Crippen LogP contribution in [0.2, 0.25) is 0 Å². The van der Waals surface area contributed by atoms with Crippen LogP contribution in [0.15, 0.2) is 42.6 Å². The Bertz CT molecular complexity index is 902. The van der Waals surface area contributed by atoms with Gasteiger partial charge in [0, 0.05) is 47.1 Å². The highest BCUT2D eigenvalue weighted by Gasteiger charge is 2.22. The summed E-state index contributed by atoms with van der Waals surface area (Å²) in [6.45, 7) is 1.41. The minimum atomic E-state index is 0.129. The quantitative estimate of drug-likeness (QED) is 0.800. The monoisotopic (exact) mass is 335 g/mol. The number of benzene rings is 1. The summed E-state index contributed by atoms with van der Waals surface area (Å²) >= 11 is 0. The standard InChI is InChI=1S/C20H21N3O2/c1-25-15-7-8-19-16(12-15)17-13-23(10-4-6-18(17)22-19)20(24)11-14-5-2-3-9-21-14/h2-3,5,7-9,12,22H,4,6,10-11,13H2,1H3. The number of H-pyrrole nitrogens is 1. The number of nitrogens with zero attached hydrogens (tertiary/aromatic N) is 2. The number of hydrogen-bond acceptors (Lipinski definition) is 3. The first-order valence-electron chi connectivity index (χ1n) is 8.60. The van der Waals surface area contributed by atoms with Crippen molar-refractivity contribution in [1.82, 2.24) is 14.9 Å². The van der Waals surface area contributed by atoms with Gasteiger partial charge in [0.15, 0.2) is 0 Å². The molecule has 0 radical (unpaired) electrons. The maximum Gasteiger partial charge on any atom is 0.228 e. The predicted octanol–water partition coefficient (Wildman–Crippen LogP) is 3.09. The Morgan fingerprint density at radius 1 is 1.32 bits per heavy atom. The average molecular weight is 335 g/mol. The summed E-state index contributed by atoms with van der Waals surface area (Å²) in [4.78, 5) is 22.5. The van der Waals surface area contributed by atoms with Crippen LogP contribution in [-0.4, -0.2) is 34.4 Å². The van der Waals surface area contributed by atoms with Crippen molar-refractivity contribution in [2.75, 3.05) is 13.7 Å². The predicted molar refractivity (Wildman–Crippen MR) is 96.5 cm³/mol. The molecule has 1 aliphatic rings. The van der Waals surface area contributed by atoms with Crippen LogP contribution in [-0.2, 0) is 24.2 Å². The van der Waals surface area contributed by atoms with Gasteiger partial charge in [-0.25, -0.2) is 0 Å². The van der Waals surface area contributed by atoms with Crippen molar-refractivity contribution in [1.29, 1.82) is 0 Å². The molecule has 0 saturated carbocycles. The van der Waals surface area contributed by atoms with Crippen LogP contribution >= 0.6 is 0 Å². The molecule has 5 heteroatoms. The van der Waals surface area contributed by atoms with Gasteiger partial charge in [-0.05, 0) is 43.2 Å². The largest absolute Gasteiger partial charge is 0.497 e. The number of carbonyl (C=O) groups excluding carboxylic acids is 1. The molecule has 1 aliphatic heterocycles. The summed E-state index contributed by atoms with van der Waals surface area (Å²) in [7, 11) is 1.68. The molecule has 0 aliphatic carbocycles. The first-order chi connectivity index (χ1) is 12.2. The van der Waals surface area contributed by atoms with Crippen molar-refractivity contribution in [3.63, 3.8) is 0 Å². The van der Waals surface area contributed by atoms with E-state index in [9.17, 15) is 4.79 Å². The first-order valence-corrected chi connectivity index (χ1v) is 8.60. The number of aromatic nitrogens is 2. The molecule has 0 fully saturated rings. The molecule has 1 N–H and O–H groups in total. The van der Waals surface area contributed by atoms with Gasteiger partial charge < -0.3 is 14.6 Å². The van der Waals surface area contributed by atoms with Gasteiger partial charge in [-0.3, -0.25) is 9.78 Å². The minimum Gasteiger partial charge on any atom is -0.497 e. The minimum absolute atomic E-state index is 0.129. The van der Waals surface area contributed by atoms with Gasteiger partial charge in [-0.15, -0.1) is 0 Å². The summed E-state index contributed by atoms with van der Waals surface area (Å²) < 4.78 is 5.36. The van der Waals surface area contributed by atoms with Crippen LogP contribution in [0.5, 0.6) is 5.75 Å². The molecule has 3 aromatic rings. The van der Waals surface area contributed by atoms with Crippen LogP contribution < -0.4 is 4.74 Å². The molecular weight excluding hydrogens is 314 g/mol. The number of carbonyl (C=O) groups is 1. The second-order valence-electron chi connectivity index (χ2n) is 6.41. The van der Waals surface area contributed by atoms with Crippen molar-refractivity contribution < 1.29 is 9.53 Å². The van der Waals surface area contributed by atoms with E-state index in [1.807, 2.05) is 35.2 Å². The van der Waals surface area contributed by atoms with Crippen LogP contribution in [0.3, 0.4) is 0 Å². The number of amides is 1. The third-order valence-corrected chi connectivity index (χ3v) is 4.82. The van der Waals surface area contributed by atoms with Crippen molar-refractivity contribution in [3.05, 3.63) is 59.5 Å². The lowest BCUT2D eigenvalue weighted by atomic mass is 10.1.